The fraction of sp³-hybridized carbons (Fsp3) is 0.300. The Morgan fingerprint density at radius 2 is 2.19 bits per heavy atom. The molecule has 6 heteroatoms. The third-order valence-electron chi connectivity index (χ3n) is 2.27. The first-order valence-corrected chi connectivity index (χ1v) is 4.97. The van der Waals surface area contributed by atoms with Crippen molar-refractivity contribution in [2.75, 3.05) is 0 Å². The van der Waals surface area contributed by atoms with E-state index in [1.165, 1.54) is 0 Å². The summed E-state index contributed by atoms with van der Waals surface area (Å²) in [4.78, 5) is 0. The normalized spacial score (nSPS) is 24.1. The number of nitrogens with zero attached hydrogens (tertiary/aromatic N) is 4. The summed E-state index contributed by atoms with van der Waals surface area (Å²) in [5, 5.41) is 12.0. The number of hydrogen-bond acceptors (Lipinski definition) is 5. The van der Waals surface area contributed by atoms with Gasteiger partial charge in [0.2, 0.25) is 6.29 Å². The molecular formula is C10H10N4O2. The molecule has 0 N–H and O–H groups in total. The van der Waals surface area contributed by atoms with Crippen LogP contribution in [0.3, 0.4) is 0 Å². The van der Waals surface area contributed by atoms with Crippen molar-refractivity contribution in [1.82, 2.24) is 20.0 Å². The van der Waals surface area contributed by atoms with Crippen molar-refractivity contribution in [2.24, 2.45) is 0 Å². The molecule has 0 unspecified atom stereocenters. The molecule has 0 aromatic carbocycles. The van der Waals surface area contributed by atoms with Crippen molar-refractivity contribution >= 4 is 0 Å². The first-order chi connectivity index (χ1) is 7.83. The maximum Gasteiger partial charge on any atom is 0.208 e. The summed E-state index contributed by atoms with van der Waals surface area (Å²) in [6.07, 6.45) is 2.92. The van der Waals surface area contributed by atoms with Crippen LogP contribution in [-0.4, -0.2) is 26.3 Å². The van der Waals surface area contributed by atoms with Crippen LogP contribution in [0, 0.1) is 0 Å². The van der Waals surface area contributed by atoms with Gasteiger partial charge in [0.05, 0.1) is 0 Å². The Hall–Kier alpha value is -1.79. The number of ether oxygens (including phenoxy) is 2. The van der Waals surface area contributed by atoms with E-state index in [-0.39, 0.29) is 12.6 Å². The highest BCUT2D eigenvalue weighted by atomic mass is 16.9. The van der Waals surface area contributed by atoms with Gasteiger partial charge in [0.25, 0.3) is 0 Å². The number of rotatable bonds is 2. The molecule has 0 radical (unpaired) electrons. The minimum atomic E-state index is -0.354. The lowest BCUT2D eigenvalue weighted by molar-refractivity contribution is -0.384. The average molecular weight is 218 g/mol. The summed E-state index contributed by atoms with van der Waals surface area (Å²) in [5.41, 5.74) is 0.740. The zero-order chi connectivity index (χ0) is 11.0. The lowest BCUT2D eigenvalue weighted by atomic mass is 10.4. The van der Waals surface area contributed by atoms with Crippen molar-refractivity contribution in [1.29, 1.82) is 0 Å². The topological polar surface area (TPSA) is 62.1 Å². The molecule has 0 spiro atoms. The van der Waals surface area contributed by atoms with Gasteiger partial charge in [-0.1, -0.05) is 0 Å². The predicted octanol–water partition coefficient (Wildman–Crippen LogP) is 1.05. The van der Waals surface area contributed by atoms with Crippen LogP contribution >= 0.6 is 0 Å². The number of aromatic nitrogens is 4. The summed E-state index contributed by atoms with van der Waals surface area (Å²) in [6, 6.07) is 5.47. The molecule has 1 aliphatic heterocycles. The largest absolute Gasteiger partial charge is 0.318 e. The van der Waals surface area contributed by atoms with E-state index < -0.39 is 0 Å². The summed E-state index contributed by atoms with van der Waals surface area (Å²) >= 11 is 0. The zero-order valence-electron chi connectivity index (χ0n) is 8.65. The van der Waals surface area contributed by atoms with Gasteiger partial charge in [-0.15, -0.1) is 5.10 Å². The summed E-state index contributed by atoms with van der Waals surface area (Å²) < 4.78 is 12.3. The van der Waals surface area contributed by atoms with Gasteiger partial charge in [-0.2, -0.15) is 10.2 Å². The highest BCUT2D eigenvalue weighted by Gasteiger charge is 2.30. The third kappa shape index (κ3) is 1.58. The summed E-state index contributed by atoms with van der Waals surface area (Å²) in [6.45, 7) is 1.84. The van der Waals surface area contributed by atoms with Crippen molar-refractivity contribution < 1.29 is 9.47 Å². The molecule has 0 saturated carbocycles. The van der Waals surface area contributed by atoms with Gasteiger partial charge in [0.1, 0.15) is 5.69 Å². The van der Waals surface area contributed by atoms with Crippen LogP contribution in [0.2, 0.25) is 0 Å². The van der Waals surface area contributed by atoms with Crippen LogP contribution in [0.1, 0.15) is 18.9 Å². The second-order valence-corrected chi connectivity index (χ2v) is 3.44. The smallest absolute Gasteiger partial charge is 0.208 e. The molecular weight excluding hydrogens is 208 g/mol. The fourth-order valence-electron chi connectivity index (χ4n) is 1.50. The van der Waals surface area contributed by atoms with Gasteiger partial charge in [0.15, 0.2) is 12.1 Å². The van der Waals surface area contributed by atoms with Crippen LogP contribution in [-0.2, 0) is 9.47 Å². The van der Waals surface area contributed by atoms with Gasteiger partial charge in [0, 0.05) is 12.4 Å². The van der Waals surface area contributed by atoms with Crippen molar-refractivity contribution in [3.05, 3.63) is 36.3 Å². The molecule has 6 nitrogen and oxygen atoms in total. The van der Waals surface area contributed by atoms with E-state index in [0.29, 0.717) is 5.82 Å². The average Bonchev–Trinajstić information content (AvgIpc) is 2.75. The van der Waals surface area contributed by atoms with Crippen LogP contribution in [0.15, 0.2) is 30.6 Å². The molecule has 1 saturated heterocycles. The Kier molecular flexibility index (Phi) is 2.16. The monoisotopic (exact) mass is 218 g/mol. The standard InChI is InChI=1S/C10H10N4O2/c1-7-15-10(16-7)8-4-6-14(13-8)9-3-2-5-11-12-9/h2-7,10H,1H3. The third-order valence-corrected chi connectivity index (χ3v) is 2.27. The maximum atomic E-state index is 5.34. The second-order valence-electron chi connectivity index (χ2n) is 3.44. The van der Waals surface area contributed by atoms with E-state index in [1.807, 2.05) is 25.1 Å². The Bertz CT molecular complexity index is 479. The van der Waals surface area contributed by atoms with Gasteiger partial charge < -0.3 is 9.47 Å². The van der Waals surface area contributed by atoms with Gasteiger partial charge >= 0.3 is 0 Å². The van der Waals surface area contributed by atoms with E-state index in [9.17, 15) is 0 Å². The molecule has 0 atom stereocenters. The molecule has 2 aromatic rings. The second kappa shape index (κ2) is 3.66. The Labute approximate surface area is 91.8 Å². The summed E-state index contributed by atoms with van der Waals surface area (Å²) in [7, 11) is 0. The highest BCUT2D eigenvalue weighted by Crippen LogP contribution is 2.30. The van der Waals surface area contributed by atoms with Crippen LogP contribution in [0.5, 0.6) is 0 Å². The predicted molar refractivity (Wildman–Crippen MR) is 53.5 cm³/mol. The van der Waals surface area contributed by atoms with E-state index in [0.717, 1.165) is 5.69 Å². The van der Waals surface area contributed by atoms with Gasteiger partial charge in [-0.3, -0.25) is 0 Å². The van der Waals surface area contributed by atoms with Crippen molar-refractivity contribution in [3.63, 3.8) is 0 Å². The van der Waals surface area contributed by atoms with Gasteiger partial charge in [-0.05, 0) is 25.1 Å². The lowest BCUT2D eigenvalue weighted by Gasteiger charge is -2.32. The van der Waals surface area contributed by atoms with Crippen LogP contribution < -0.4 is 0 Å². The van der Waals surface area contributed by atoms with Crippen molar-refractivity contribution in [2.45, 2.75) is 19.5 Å². The Morgan fingerprint density at radius 1 is 1.31 bits per heavy atom. The van der Waals surface area contributed by atoms with E-state index in [4.69, 9.17) is 9.47 Å². The maximum absolute atomic E-state index is 5.34. The molecule has 0 bridgehead atoms. The molecule has 0 amide bonds. The zero-order valence-corrected chi connectivity index (χ0v) is 8.65. The van der Waals surface area contributed by atoms with Gasteiger partial charge in [-0.25, -0.2) is 4.68 Å². The van der Waals surface area contributed by atoms with E-state index in [2.05, 4.69) is 15.3 Å². The minimum Gasteiger partial charge on any atom is -0.318 e. The van der Waals surface area contributed by atoms with E-state index in [1.54, 1.807) is 17.1 Å². The first-order valence-electron chi connectivity index (χ1n) is 4.97. The molecule has 1 fully saturated rings. The summed E-state index contributed by atoms with van der Waals surface area (Å²) in [5.74, 6) is 0.668. The fourth-order valence-corrected chi connectivity index (χ4v) is 1.50. The molecule has 3 heterocycles. The molecule has 2 aromatic heterocycles. The van der Waals surface area contributed by atoms with E-state index >= 15 is 0 Å². The first kappa shape index (κ1) is 9.44. The van der Waals surface area contributed by atoms with Crippen molar-refractivity contribution in [3.8, 4) is 5.82 Å². The SMILES string of the molecule is CC1OC(c2ccn(-c3cccnn3)n2)O1. The van der Waals surface area contributed by atoms with Crippen LogP contribution in [0.25, 0.3) is 5.82 Å². The molecule has 1 aliphatic rings. The Balaban J connectivity index is 1.83. The quantitative estimate of drug-likeness (QED) is 0.754. The lowest BCUT2D eigenvalue weighted by Crippen LogP contribution is -2.31. The minimum absolute atomic E-state index is 0.147. The molecule has 3 rings (SSSR count). The number of hydrogen-bond donors (Lipinski definition) is 0. The Morgan fingerprint density at radius 3 is 2.88 bits per heavy atom. The molecule has 82 valence electrons. The molecule has 16 heavy (non-hydrogen) atoms. The molecule has 0 aliphatic carbocycles. The highest BCUT2D eigenvalue weighted by molar-refractivity contribution is 5.19. The van der Waals surface area contributed by atoms with Crippen LogP contribution in [0.4, 0.5) is 0 Å².